The van der Waals surface area contributed by atoms with Crippen LogP contribution in [0.15, 0.2) is 54.7 Å². The number of hydrogen-bond acceptors (Lipinski definition) is 3. The lowest BCUT2D eigenvalue weighted by Gasteiger charge is -2.02. The van der Waals surface area contributed by atoms with Crippen molar-refractivity contribution in [1.29, 1.82) is 0 Å². The Morgan fingerprint density at radius 3 is 2.33 bits per heavy atom. The van der Waals surface area contributed by atoms with Gasteiger partial charge < -0.3 is 10.5 Å². The maximum atomic E-state index is 13.0. The number of nitrogens with zero attached hydrogens (tertiary/aromatic N) is 2. The number of anilines is 1. The van der Waals surface area contributed by atoms with Gasteiger partial charge in [0.1, 0.15) is 17.3 Å². The lowest BCUT2D eigenvalue weighted by atomic mass is 10.1. The van der Waals surface area contributed by atoms with E-state index in [4.69, 9.17) is 10.5 Å². The van der Waals surface area contributed by atoms with E-state index in [9.17, 15) is 4.39 Å². The molecule has 1 heterocycles. The summed E-state index contributed by atoms with van der Waals surface area (Å²) in [6.45, 7) is 0. The van der Waals surface area contributed by atoms with Gasteiger partial charge in [0.05, 0.1) is 24.7 Å². The van der Waals surface area contributed by atoms with Crippen molar-refractivity contribution in [3.63, 3.8) is 0 Å². The second-order valence-electron chi connectivity index (χ2n) is 4.58. The minimum absolute atomic E-state index is 0.283. The molecule has 0 atom stereocenters. The van der Waals surface area contributed by atoms with E-state index in [0.29, 0.717) is 11.4 Å². The van der Waals surface area contributed by atoms with Crippen LogP contribution in [0.25, 0.3) is 16.9 Å². The number of nitrogens with two attached hydrogens (primary N) is 1. The molecule has 1 aromatic heterocycles. The van der Waals surface area contributed by atoms with Crippen LogP contribution in [0.5, 0.6) is 5.75 Å². The average Bonchev–Trinajstić information content (AvgIpc) is 2.90. The predicted molar refractivity (Wildman–Crippen MR) is 79.9 cm³/mol. The molecule has 0 unspecified atom stereocenters. The lowest BCUT2D eigenvalue weighted by Crippen LogP contribution is -1.94. The van der Waals surface area contributed by atoms with Crippen molar-refractivity contribution in [3.05, 3.63) is 60.5 Å². The second kappa shape index (κ2) is 5.28. The fourth-order valence-corrected chi connectivity index (χ4v) is 2.09. The average molecular weight is 283 g/mol. The third kappa shape index (κ3) is 2.58. The number of aromatic nitrogens is 2. The monoisotopic (exact) mass is 283 g/mol. The van der Waals surface area contributed by atoms with Crippen molar-refractivity contribution in [2.75, 3.05) is 12.8 Å². The van der Waals surface area contributed by atoms with E-state index in [2.05, 4.69) is 5.10 Å². The minimum Gasteiger partial charge on any atom is -0.497 e. The van der Waals surface area contributed by atoms with Gasteiger partial charge in [-0.2, -0.15) is 5.10 Å². The molecule has 3 aromatic rings. The first-order valence-electron chi connectivity index (χ1n) is 6.43. The molecule has 2 aromatic carbocycles. The first-order valence-corrected chi connectivity index (χ1v) is 6.43. The summed E-state index contributed by atoms with van der Waals surface area (Å²) in [6.07, 6.45) is 1.72. The predicted octanol–water partition coefficient (Wildman–Crippen LogP) is 3.27. The van der Waals surface area contributed by atoms with Crippen molar-refractivity contribution < 1.29 is 9.13 Å². The van der Waals surface area contributed by atoms with Crippen LogP contribution in [-0.4, -0.2) is 16.9 Å². The molecule has 0 fully saturated rings. The topological polar surface area (TPSA) is 53.1 Å². The van der Waals surface area contributed by atoms with Gasteiger partial charge in [-0.05, 0) is 48.5 Å². The summed E-state index contributed by atoms with van der Waals surface area (Å²) in [5, 5.41) is 4.46. The second-order valence-corrected chi connectivity index (χ2v) is 4.58. The highest BCUT2D eigenvalue weighted by molar-refractivity contribution is 5.72. The summed E-state index contributed by atoms with van der Waals surface area (Å²) in [7, 11) is 1.62. The number of ether oxygens (including phenoxy) is 1. The van der Waals surface area contributed by atoms with Crippen LogP contribution in [0.4, 0.5) is 10.1 Å². The van der Waals surface area contributed by atoms with Crippen molar-refractivity contribution in [2.24, 2.45) is 0 Å². The SMILES string of the molecule is COc1ccc(-c2nn(-c3ccc(F)cc3)cc2N)cc1. The van der Waals surface area contributed by atoms with Crippen LogP contribution in [0.1, 0.15) is 0 Å². The number of rotatable bonds is 3. The highest BCUT2D eigenvalue weighted by Gasteiger charge is 2.10. The van der Waals surface area contributed by atoms with E-state index >= 15 is 0 Å². The van der Waals surface area contributed by atoms with Crippen LogP contribution in [0.3, 0.4) is 0 Å². The molecular formula is C16H14FN3O. The molecule has 4 nitrogen and oxygen atoms in total. The first-order chi connectivity index (χ1) is 10.2. The molecular weight excluding hydrogens is 269 g/mol. The van der Waals surface area contributed by atoms with Crippen molar-refractivity contribution >= 4 is 5.69 Å². The van der Waals surface area contributed by atoms with Crippen LogP contribution < -0.4 is 10.5 Å². The third-order valence-electron chi connectivity index (χ3n) is 3.20. The zero-order valence-corrected chi connectivity index (χ0v) is 11.5. The van der Waals surface area contributed by atoms with Crippen molar-refractivity contribution in [3.8, 4) is 22.7 Å². The molecule has 2 N–H and O–H groups in total. The summed E-state index contributed by atoms with van der Waals surface area (Å²) >= 11 is 0. The van der Waals surface area contributed by atoms with Crippen molar-refractivity contribution in [2.45, 2.75) is 0 Å². The molecule has 0 radical (unpaired) electrons. The summed E-state index contributed by atoms with van der Waals surface area (Å²) in [4.78, 5) is 0. The Kier molecular flexibility index (Phi) is 3.31. The van der Waals surface area contributed by atoms with E-state index in [1.807, 2.05) is 24.3 Å². The first kappa shape index (κ1) is 13.2. The normalized spacial score (nSPS) is 10.6. The quantitative estimate of drug-likeness (QED) is 0.802. The summed E-state index contributed by atoms with van der Waals surface area (Å²) in [5.41, 5.74) is 8.91. The van der Waals surface area contributed by atoms with Gasteiger partial charge in [0.15, 0.2) is 0 Å². The van der Waals surface area contributed by atoms with E-state index in [-0.39, 0.29) is 5.82 Å². The van der Waals surface area contributed by atoms with Crippen LogP contribution >= 0.6 is 0 Å². The number of hydrogen-bond donors (Lipinski definition) is 1. The lowest BCUT2D eigenvalue weighted by molar-refractivity contribution is 0.415. The molecule has 0 aliphatic carbocycles. The molecule has 0 aliphatic heterocycles. The number of methoxy groups -OCH3 is 1. The van der Waals surface area contributed by atoms with E-state index in [0.717, 1.165) is 17.0 Å². The zero-order chi connectivity index (χ0) is 14.8. The van der Waals surface area contributed by atoms with Crippen molar-refractivity contribution in [1.82, 2.24) is 9.78 Å². The van der Waals surface area contributed by atoms with Gasteiger partial charge in [-0.3, -0.25) is 0 Å². The number of halogens is 1. The molecule has 0 saturated heterocycles. The maximum absolute atomic E-state index is 13.0. The molecule has 0 spiro atoms. The van der Waals surface area contributed by atoms with Gasteiger partial charge in [-0.1, -0.05) is 0 Å². The molecule has 0 saturated carbocycles. The standard InChI is InChI=1S/C16H14FN3O/c1-21-14-8-2-11(3-9-14)16-15(18)10-20(19-16)13-6-4-12(17)5-7-13/h2-10H,18H2,1H3. The van der Waals surface area contributed by atoms with Crippen LogP contribution in [0, 0.1) is 5.82 Å². The smallest absolute Gasteiger partial charge is 0.123 e. The van der Waals surface area contributed by atoms with E-state index in [1.54, 1.807) is 30.1 Å². The number of nitrogen functional groups attached to an aromatic ring is 1. The van der Waals surface area contributed by atoms with Crippen LogP contribution in [0.2, 0.25) is 0 Å². The Labute approximate surface area is 121 Å². The highest BCUT2D eigenvalue weighted by Crippen LogP contribution is 2.27. The Morgan fingerprint density at radius 2 is 1.71 bits per heavy atom. The van der Waals surface area contributed by atoms with E-state index < -0.39 is 0 Å². The minimum atomic E-state index is -0.283. The maximum Gasteiger partial charge on any atom is 0.123 e. The Hall–Kier alpha value is -2.82. The van der Waals surface area contributed by atoms with Gasteiger partial charge in [0, 0.05) is 5.56 Å². The summed E-state index contributed by atoms with van der Waals surface area (Å²) < 4.78 is 19.7. The Morgan fingerprint density at radius 1 is 1.05 bits per heavy atom. The van der Waals surface area contributed by atoms with E-state index in [1.165, 1.54) is 12.1 Å². The molecule has 21 heavy (non-hydrogen) atoms. The summed E-state index contributed by atoms with van der Waals surface area (Å²) in [6, 6.07) is 13.6. The largest absolute Gasteiger partial charge is 0.497 e. The molecule has 0 bridgehead atoms. The fourth-order valence-electron chi connectivity index (χ4n) is 2.09. The van der Waals surface area contributed by atoms with Gasteiger partial charge in [-0.25, -0.2) is 9.07 Å². The Bertz CT molecular complexity index is 748. The third-order valence-corrected chi connectivity index (χ3v) is 3.20. The van der Waals surface area contributed by atoms with Gasteiger partial charge >= 0.3 is 0 Å². The Balaban J connectivity index is 1.98. The summed E-state index contributed by atoms with van der Waals surface area (Å²) in [5.74, 6) is 0.490. The van der Waals surface area contributed by atoms with Crippen LogP contribution in [-0.2, 0) is 0 Å². The highest BCUT2D eigenvalue weighted by atomic mass is 19.1. The molecule has 5 heteroatoms. The zero-order valence-electron chi connectivity index (χ0n) is 11.5. The fraction of sp³-hybridized carbons (Fsp3) is 0.0625. The molecule has 0 amide bonds. The molecule has 3 rings (SSSR count). The molecule has 0 aliphatic rings. The van der Waals surface area contributed by atoms with Gasteiger partial charge in [-0.15, -0.1) is 0 Å². The number of benzene rings is 2. The molecule has 106 valence electrons. The van der Waals surface area contributed by atoms with Gasteiger partial charge in [0.2, 0.25) is 0 Å². The van der Waals surface area contributed by atoms with Gasteiger partial charge in [0.25, 0.3) is 0 Å².